The Bertz CT molecular complexity index is 899. The summed E-state index contributed by atoms with van der Waals surface area (Å²) in [6.45, 7) is 1.60. The van der Waals surface area contributed by atoms with Crippen LogP contribution in [0.3, 0.4) is 0 Å². The molecule has 0 aliphatic carbocycles. The molecule has 0 heterocycles. The van der Waals surface area contributed by atoms with Gasteiger partial charge in [-0.25, -0.2) is 0 Å². The minimum atomic E-state index is -0.575. The quantitative estimate of drug-likeness (QED) is 0.603. The maximum absolute atomic E-state index is 12.3. The van der Waals surface area contributed by atoms with Gasteiger partial charge in [-0.2, -0.15) is 5.26 Å². The van der Waals surface area contributed by atoms with E-state index in [4.69, 9.17) is 22.1 Å². The van der Waals surface area contributed by atoms with E-state index in [1.54, 1.807) is 42.5 Å². The van der Waals surface area contributed by atoms with E-state index in [0.29, 0.717) is 22.0 Å². The topological polar surface area (TPSA) is 105 Å². The summed E-state index contributed by atoms with van der Waals surface area (Å²) >= 11 is 5.93. The first kappa shape index (κ1) is 19.0. The Hall–Kier alpha value is -3.30. The van der Waals surface area contributed by atoms with Gasteiger partial charge < -0.3 is 15.8 Å². The van der Waals surface area contributed by atoms with Gasteiger partial charge in [-0.05, 0) is 48.4 Å². The summed E-state index contributed by atoms with van der Waals surface area (Å²) in [5.74, 6) is -0.654. The van der Waals surface area contributed by atoms with Crippen LogP contribution < -0.4 is 15.8 Å². The molecule has 2 amide bonds. The van der Waals surface area contributed by atoms with Crippen molar-refractivity contribution in [3.05, 3.63) is 64.2 Å². The summed E-state index contributed by atoms with van der Waals surface area (Å²) in [6.07, 6.45) is 1.45. The number of halogens is 1. The number of hydrogen-bond donors (Lipinski definition) is 2. The fraction of sp³-hybridized carbons (Fsp3) is 0.105. The van der Waals surface area contributed by atoms with Crippen molar-refractivity contribution in [2.45, 2.75) is 6.92 Å². The molecule has 0 aliphatic rings. The molecule has 2 aromatic carbocycles. The van der Waals surface area contributed by atoms with Crippen LogP contribution in [0.25, 0.3) is 6.08 Å². The summed E-state index contributed by atoms with van der Waals surface area (Å²) in [5, 5.41) is 12.4. The van der Waals surface area contributed by atoms with E-state index in [1.165, 1.54) is 6.08 Å². The zero-order chi connectivity index (χ0) is 19.1. The minimum Gasteiger partial charge on any atom is -0.484 e. The molecule has 0 atom stereocenters. The highest BCUT2D eigenvalue weighted by atomic mass is 35.5. The predicted octanol–water partition coefficient (Wildman–Crippen LogP) is 3.06. The summed E-state index contributed by atoms with van der Waals surface area (Å²) in [4.78, 5) is 23.0. The number of carbonyl (C=O) groups excluding carboxylic acids is 2. The van der Waals surface area contributed by atoms with E-state index in [9.17, 15) is 14.9 Å². The summed E-state index contributed by atoms with van der Waals surface area (Å²) in [7, 11) is 0. The van der Waals surface area contributed by atoms with Crippen LogP contribution in [0.4, 0.5) is 5.69 Å². The number of nitrogens with two attached hydrogens (primary N) is 1. The van der Waals surface area contributed by atoms with E-state index >= 15 is 0 Å². The molecular formula is C19H16ClN3O3. The molecule has 0 aliphatic heterocycles. The van der Waals surface area contributed by atoms with E-state index in [0.717, 1.165) is 5.56 Å². The van der Waals surface area contributed by atoms with Crippen molar-refractivity contribution < 1.29 is 14.3 Å². The SMILES string of the molecule is Cc1ccc(Cl)cc1NC(=O)/C(C#N)=C/c1ccc(OCC(N)=O)cc1. The maximum atomic E-state index is 12.3. The third kappa shape index (κ3) is 5.36. The Labute approximate surface area is 155 Å². The predicted molar refractivity (Wildman–Crippen MR) is 99.5 cm³/mol. The Kier molecular flexibility index (Phi) is 6.36. The standard InChI is InChI=1S/C19H16ClN3O3/c1-12-2-5-15(20)9-17(12)23-19(25)14(10-21)8-13-3-6-16(7-4-13)26-11-18(22)24/h2-9H,11H2,1H3,(H2,22,24)(H,23,25)/b14-8+. The van der Waals surface area contributed by atoms with E-state index < -0.39 is 11.8 Å². The molecule has 0 spiro atoms. The highest BCUT2D eigenvalue weighted by molar-refractivity contribution is 6.31. The molecule has 0 radical (unpaired) electrons. The number of nitrogens with one attached hydrogen (secondary N) is 1. The van der Waals surface area contributed by atoms with Crippen LogP contribution in [0.5, 0.6) is 5.75 Å². The lowest BCUT2D eigenvalue weighted by atomic mass is 10.1. The second-order valence-electron chi connectivity index (χ2n) is 5.41. The smallest absolute Gasteiger partial charge is 0.266 e. The van der Waals surface area contributed by atoms with Gasteiger partial charge in [0, 0.05) is 10.7 Å². The molecule has 6 nitrogen and oxygen atoms in total. The first-order valence-electron chi connectivity index (χ1n) is 7.59. The van der Waals surface area contributed by atoms with Crippen LogP contribution in [-0.4, -0.2) is 18.4 Å². The van der Waals surface area contributed by atoms with Gasteiger partial charge >= 0.3 is 0 Å². The van der Waals surface area contributed by atoms with Gasteiger partial charge in [-0.15, -0.1) is 0 Å². The lowest BCUT2D eigenvalue weighted by molar-refractivity contribution is -0.120. The van der Waals surface area contributed by atoms with Crippen LogP contribution in [0, 0.1) is 18.3 Å². The number of nitrogens with zero attached hydrogens (tertiary/aromatic N) is 1. The molecule has 2 rings (SSSR count). The molecule has 0 bridgehead atoms. The molecule has 7 heteroatoms. The van der Waals surface area contributed by atoms with Crippen LogP contribution in [-0.2, 0) is 9.59 Å². The number of nitriles is 1. The molecule has 0 unspecified atom stereocenters. The highest BCUT2D eigenvalue weighted by Gasteiger charge is 2.11. The van der Waals surface area contributed by atoms with Gasteiger partial charge in [0.25, 0.3) is 11.8 Å². The Balaban J connectivity index is 2.14. The maximum Gasteiger partial charge on any atom is 0.266 e. The Morgan fingerprint density at radius 1 is 1.27 bits per heavy atom. The normalized spacial score (nSPS) is 10.7. The molecule has 0 saturated heterocycles. The van der Waals surface area contributed by atoms with Gasteiger partial charge in [0.1, 0.15) is 17.4 Å². The Morgan fingerprint density at radius 3 is 2.58 bits per heavy atom. The summed E-state index contributed by atoms with van der Waals surface area (Å²) in [5.41, 5.74) is 6.95. The van der Waals surface area contributed by atoms with Crippen molar-refractivity contribution >= 4 is 35.2 Å². The molecule has 2 aromatic rings. The molecular weight excluding hydrogens is 354 g/mol. The largest absolute Gasteiger partial charge is 0.484 e. The fourth-order valence-corrected chi connectivity index (χ4v) is 2.22. The number of anilines is 1. The van der Waals surface area contributed by atoms with Crippen LogP contribution >= 0.6 is 11.6 Å². The third-order valence-corrected chi connectivity index (χ3v) is 3.62. The monoisotopic (exact) mass is 369 g/mol. The van der Waals surface area contributed by atoms with Crippen molar-refractivity contribution in [1.82, 2.24) is 0 Å². The summed E-state index contributed by atoms with van der Waals surface area (Å²) in [6, 6.07) is 13.5. The van der Waals surface area contributed by atoms with E-state index in [1.807, 2.05) is 13.0 Å². The minimum absolute atomic E-state index is 0.0600. The van der Waals surface area contributed by atoms with Gasteiger partial charge in [0.15, 0.2) is 6.61 Å². The van der Waals surface area contributed by atoms with Gasteiger partial charge in [-0.3, -0.25) is 9.59 Å². The second kappa shape index (κ2) is 8.70. The van der Waals surface area contributed by atoms with Gasteiger partial charge in [0.2, 0.25) is 0 Å². The van der Waals surface area contributed by atoms with Crippen molar-refractivity contribution in [3.63, 3.8) is 0 Å². The molecule has 0 aromatic heterocycles. The number of hydrogen-bond acceptors (Lipinski definition) is 4. The number of aryl methyl sites for hydroxylation is 1. The van der Waals surface area contributed by atoms with Crippen LogP contribution in [0.15, 0.2) is 48.0 Å². The number of amides is 2. The third-order valence-electron chi connectivity index (χ3n) is 3.39. The second-order valence-corrected chi connectivity index (χ2v) is 5.84. The average Bonchev–Trinajstić information content (AvgIpc) is 2.61. The van der Waals surface area contributed by atoms with Crippen molar-refractivity contribution in [2.24, 2.45) is 5.73 Å². The average molecular weight is 370 g/mol. The number of benzene rings is 2. The van der Waals surface area contributed by atoms with Crippen molar-refractivity contribution in [2.75, 3.05) is 11.9 Å². The molecule has 3 N–H and O–H groups in total. The Morgan fingerprint density at radius 2 is 1.96 bits per heavy atom. The number of carbonyl (C=O) groups is 2. The zero-order valence-corrected chi connectivity index (χ0v) is 14.7. The first-order chi connectivity index (χ1) is 12.4. The number of rotatable bonds is 6. The zero-order valence-electron chi connectivity index (χ0n) is 14.0. The summed E-state index contributed by atoms with van der Waals surface area (Å²) < 4.78 is 5.15. The number of ether oxygens (including phenoxy) is 1. The fourth-order valence-electron chi connectivity index (χ4n) is 2.05. The van der Waals surface area contributed by atoms with Crippen molar-refractivity contribution in [1.29, 1.82) is 5.26 Å². The van der Waals surface area contributed by atoms with E-state index in [2.05, 4.69) is 5.32 Å². The van der Waals surface area contributed by atoms with Crippen LogP contribution in [0.2, 0.25) is 5.02 Å². The van der Waals surface area contributed by atoms with Gasteiger partial charge in [-0.1, -0.05) is 29.8 Å². The molecule has 26 heavy (non-hydrogen) atoms. The molecule has 0 fully saturated rings. The van der Waals surface area contributed by atoms with Gasteiger partial charge in [0.05, 0.1) is 0 Å². The van der Waals surface area contributed by atoms with E-state index in [-0.39, 0.29) is 12.2 Å². The molecule has 132 valence electrons. The van der Waals surface area contributed by atoms with Crippen molar-refractivity contribution in [3.8, 4) is 11.8 Å². The van der Waals surface area contributed by atoms with Crippen LogP contribution in [0.1, 0.15) is 11.1 Å². The number of primary amides is 1. The lowest BCUT2D eigenvalue weighted by Gasteiger charge is -2.08. The first-order valence-corrected chi connectivity index (χ1v) is 7.97. The highest BCUT2D eigenvalue weighted by Crippen LogP contribution is 2.21. The lowest BCUT2D eigenvalue weighted by Crippen LogP contribution is -2.19. The molecule has 0 saturated carbocycles.